The molecule has 9 heteroatoms. The van der Waals surface area contributed by atoms with Gasteiger partial charge in [0.1, 0.15) is 4.83 Å². The van der Waals surface area contributed by atoms with Crippen molar-refractivity contribution in [1.29, 1.82) is 5.26 Å². The van der Waals surface area contributed by atoms with E-state index in [1.54, 1.807) is 11.3 Å². The predicted octanol–water partition coefficient (Wildman–Crippen LogP) is 7.36. The second-order valence-corrected chi connectivity index (χ2v) is 15.5. The number of aromatic nitrogens is 2. The van der Waals surface area contributed by atoms with E-state index in [0.717, 1.165) is 66.2 Å². The second kappa shape index (κ2) is 12.5. The van der Waals surface area contributed by atoms with Crippen LogP contribution in [0.15, 0.2) is 53.8 Å². The molecule has 0 spiro atoms. The van der Waals surface area contributed by atoms with E-state index in [0.29, 0.717) is 30.5 Å². The van der Waals surface area contributed by atoms with E-state index in [1.807, 2.05) is 12.4 Å². The van der Waals surface area contributed by atoms with Crippen LogP contribution in [0.3, 0.4) is 0 Å². The molecule has 47 heavy (non-hydrogen) atoms. The van der Waals surface area contributed by atoms with Gasteiger partial charge in [-0.1, -0.05) is 24.1 Å². The molecule has 3 aliphatic heterocycles. The molecule has 3 aliphatic rings. The molecule has 0 aliphatic carbocycles. The molecule has 2 bridgehead atoms. The number of H-pyrrole nitrogens is 1. The summed E-state index contributed by atoms with van der Waals surface area (Å²) in [7, 11) is 0. The summed E-state index contributed by atoms with van der Waals surface area (Å²) in [6.07, 6.45) is 11.4. The van der Waals surface area contributed by atoms with Gasteiger partial charge in [-0.2, -0.15) is 5.26 Å². The number of nitriles is 1. The van der Waals surface area contributed by atoms with Gasteiger partial charge >= 0.3 is 0 Å². The Morgan fingerprint density at radius 3 is 2.45 bits per heavy atom. The van der Waals surface area contributed by atoms with Crippen molar-refractivity contribution in [2.24, 2.45) is 4.99 Å². The first-order valence-electron chi connectivity index (χ1n) is 17.1. The van der Waals surface area contributed by atoms with Crippen molar-refractivity contribution < 1.29 is 4.79 Å². The minimum atomic E-state index is -0.598. The van der Waals surface area contributed by atoms with Gasteiger partial charge in [-0.15, -0.1) is 11.3 Å². The summed E-state index contributed by atoms with van der Waals surface area (Å²) in [6, 6.07) is 13.9. The van der Waals surface area contributed by atoms with Crippen molar-refractivity contribution in [3.8, 4) is 17.5 Å². The lowest BCUT2D eigenvalue weighted by atomic mass is 9.88. The molecule has 2 N–H and O–H groups in total. The molecule has 1 amide bonds. The van der Waals surface area contributed by atoms with Crippen molar-refractivity contribution in [1.82, 2.24) is 25.1 Å². The number of aliphatic imine (C=N–C) groups is 1. The zero-order chi connectivity index (χ0) is 32.9. The van der Waals surface area contributed by atoms with Gasteiger partial charge in [-0.05, 0) is 107 Å². The van der Waals surface area contributed by atoms with Crippen LogP contribution in [0, 0.1) is 25.3 Å². The second-order valence-electron chi connectivity index (χ2n) is 14.5. The Balaban J connectivity index is 1.22. The number of carbonyl (C=O) groups is 1. The topological polar surface area (TPSA) is 100 Å². The fourth-order valence-electron chi connectivity index (χ4n) is 8.28. The maximum atomic E-state index is 14.1. The van der Waals surface area contributed by atoms with E-state index in [2.05, 4.69) is 102 Å². The molecular formula is C38H45N7OS. The smallest absolute Gasteiger partial charge is 0.233 e. The van der Waals surface area contributed by atoms with Crippen LogP contribution in [-0.4, -0.2) is 63.4 Å². The van der Waals surface area contributed by atoms with E-state index in [-0.39, 0.29) is 11.8 Å². The van der Waals surface area contributed by atoms with Crippen molar-refractivity contribution >= 4 is 33.4 Å². The molecule has 244 valence electrons. The Morgan fingerprint density at radius 1 is 1.11 bits per heavy atom. The number of amides is 1. The van der Waals surface area contributed by atoms with Gasteiger partial charge in [0, 0.05) is 66.2 Å². The number of likely N-dealkylation sites (tertiary alicyclic amines) is 1. The van der Waals surface area contributed by atoms with Crippen LogP contribution in [0.2, 0.25) is 0 Å². The molecule has 8 nitrogen and oxygen atoms in total. The Labute approximate surface area is 281 Å². The van der Waals surface area contributed by atoms with Crippen LogP contribution in [0.5, 0.6) is 0 Å². The summed E-state index contributed by atoms with van der Waals surface area (Å²) in [4.78, 5) is 33.7. The highest BCUT2D eigenvalue weighted by molar-refractivity contribution is 7.19. The van der Waals surface area contributed by atoms with Crippen LogP contribution in [0.4, 0.5) is 0 Å². The number of hydrogen-bond donors (Lipinski definition) is 2. The zero-order valence-electron chi connectivity index (χ0n) is 28.1. The Bertz CT molecular complexity index is 1830. The number of aryl methyl sites for hydroxylation is 2. The standard InChI is InChI=1S/C38H45N7OS/c1-23-16-24(2)18-28(17-23)34-33(25(3)20-41-37(42-22-39)44-15-12-27(21-44)26-10-13-40-14-11-26)31-19-32(47-35(31)43-34)38(4,5)36(46)45-29-6-7-30(45)9-8-29/h10-11,13-14,16-19,25,27,29-30,43H,6-9,12,15,20-21H2,1-5H3,(H,41,42)/t25-,27?,29?,30?/m0/s1. The summed E-state index contributed by atoms with van der Waals surface area (Å²) in [5.74, 6) is 1.34. The lowest BCUT2D eigenvalue weighted by Gasteiger charge is -2.31. The normalized spacial score (nSPS) is 21.9. The zero-order valence-corrected chi connectivity index (χ0v) is 29.0. The third-order valence-electron chi connectivity index (χ3n) is 10.7. The van der Waals surface area contributed by atoms with Crippen molar-refractivity contribution in [2.45, 2.75) is 96.1 Å². The minimum absolute atomic E-state index is 0.0596. The highest BCUT2D eigenvalue weighted by atomic mass is 32.1. The van der Waals surface area contributed by atoms with Crippen LogP contribution in [-0.2, 0) is 10.2 Å². The molecule has 3 saturated heterocycles. The van der Waals surface area contributed by atoms with Gasteiger partial charge in [-0.25, -0.2) is 0 Å². The summed E-state index contributed by atoms with van der Waals surface area (Å²) in [6.45, 7) is 12.9. The number of nitrogens with zero attached hydrogens (tertiary/aromatic N) is 5. The third-order valence-corrected chi connectivity index (χ3v) is 12.1. The van der Waals surface area contributed by atoms with Crippen LogP contribution < -0.4 is 5.32 Å². The molecule has 0 saturated carbocycles. The lowest BCUT2D eigenvalue weighted by Crippen LogP contribution is -2.45. The van der Waals surface area contributed by atoms with Gasteiger partial charge in [0.05, 0.1) is 11.1 Å². The van der Waals surface area contributed by atoms with E-state index in [1.165, 1.54) is 27.6 Å². The largest absolute Gasteiger partial charge is 0.346 e. The number of fused-ring (bicyclic) bond motifs is 3. The average molecular weight is 648 g/mol. The number of pyridine rings is 1. The molecule has 3 aromatic heterocycles. The number of nitrogens with one attached hydrogen (secondary N) is 2. The first-order chi connectivity index (χ1) is 22.6. The molecule has 3 fully saturated rings. The number of hydrogen-bond acceptors (Lipinski definition) is 5. The summed E-state index contributed by atoms with van der Waals surface area (Å²) in [5.41, 5.74) is 6.61. The highest BCUT2D eigenvalue weighted by Gasteiger charge is 2.47. The highest BCUT2D eigenvalue weighted by Crippen LogP contribution is 2.46. The number of thiophene rings is 1. The number of carbonyl (C=O) groups excluding carboxylic acids is 1. The predicted molar refractivity (Wildman–Crippen MR) is 190 cm³/mol. The van der Waals surface area contributed by atoms with Gasteiger partial charge in [0.25, 0.3) is 0 Å². The van der Waals surface area contributed by atoms with E-state index < -0.39 is 5.41 Å². The van der Waals surface area contributed by atoms with Gasteiger partial charge in [0.2, 0.25) is 11.9 Å². The molecule has 1 unspecified atom stereocenters. The maximum Gasteiger partial charge on any atom is 0.233 e. The quantitative estimate of drug-likeness (QED) is 0.0945. The first kappa shape index (κ1) is 31.4. The van der Waals surface area contributed by atoms with Crippen molar-refractivity contribution in [2.75, 3.05) is 19.6 Å². The molecule has 0 radical (unpaired) electrons. The molecule has 6 heterocycles. The summed E-state index contributed by atoms with van der Waals surface area (Å²) >= 11 is 1.71. The average Bonchev–Trinajstić information content (AvgIpc) is 3.89. The number of aromatic amines is 1. The molecule has 2 atom stereocenters. The molecule has 7 rings (SSSR count). The van der Waals surface area contributed by atoms with Crippen LogP contribution >= 0.6 is 11.3 Å². The fourth-order valence-corrected chi connectivity index (χ4v) is 9.45. The van der Waals surface area contributed by atoms with Gasteiger partial charge in [-0.3, -0.25) is 20.1 Å². The Kier molecular flexibility index (Phi) is 8.33. The van der Waals surface area contributed by atoms with Crippen molar-refractivity contribution in [3.63, 3.8) is 0 Å². The Morgan fingerprint density at radius 2 is 1.79 bits per heavy atom. The molecular weight excluding hydrogens is 603 g/mol. The minimum Gasteiger partial charge on any atom is -0.346 e. The van der Waals surface area contributed by atoms with Crippen LogP contribution in [0.25, 0.3) is 21.5 Å². The Hall–Kier alpha value is -4.16. The first-order valence-corrected chi connectivity index (χ1v) is 17.9. The number of guanidine groups is 1. The third kappa shape index (κ3) is 5.82. The van der Waals surface area contributed by atoms with Gasteiger partial charge in [0.15, 0.2) is 6.19 Å². The van der Waals surface area contributed by atoms with E-state index in [4.69, 9.17) is 4.99 Å². The summed E-state index contributed by atoms with van der Waals surface area (Å²) < 4.78 is 0. The molecule has 4 aromatic rings. The lowest BCUT2D eigenvalue weighted by molar-refractivity contribution is -0.137. The number of benzene rings is 1. The fraction of sp³-hybridized carbons (Fsp3) is 0.474. The van der Waals surface area contributed by atoms with E-state index in [9.17, 15) is 10.1 Å². The monoisotopic (exact) mass is 647 g/mol. The maximum absolute atomic E-state index is 14.1. The van der Waals surface area contributed by atoms with E-state index >= 15 is 0 Å². The van der Waals surface area contributed by atoms with Crippen molar-refractivity contribution in [3.05, 3.63) is 75.9 Å². The van der Waals surface area contributed by atoms with Crippen LogP contribution in [0.1, 0.15) is 91.8 Å². The molecule has 1 aromatic carbocycles. The number of rotatable bonds is 7. The van der Waals surface area contributed by atoms with Gasteiger partial charge < -0.3 is 14.8 Å². The summed E-state index contributed by atoms with van der Waals surface area (Å²) in [5, 5.41) is 13.7. The SMILES string of the molecule is Cc1cc(C)cc(-c2[nH]c3sc(C(C)(C)C(=O)N4C5CCC4CC5)cc3c2[C@@H](C)CN=C(NC#N)N2CCC(c3ccncc3)C2)c1.